The van der Waals surface area contributed by atoms with Gasteiger partial charge in [0.1, 0.15) is 5.56 Å². The van der Waals surface area contributed by atoms with E-state index in [2.05, 4.69) is 22.0 Å². The molecule has 0 radical (unpaired) electrons. The van der Waals surface area contributed by atoms with E-state index < -0.39 is 5.97 Å². The molecule has 0 saturated carbocycles. The van der Waals surface area contributed by atoms with Gasteiger partial charge in [0.15, 0.2) is 6.61 Å². The SMILES string of the molecule is CCOc1ncccc1C(=O)OCc1nc(-c2ccc(CC)cc2)no1. The summed E-state index contributed by atoms with van der Waals surface area (Å²) in [6.07, 6.45) is 2.52. The number of carbonyl (C=O) groups is 1. The summed E-state index contributed by atoms with van der Waals surface area (Å²) in [5.41, 5.74) is 2.33. The third-order valence-corrected chi connectivity index (χ3v) is 3.69. The average molecular weight is 353 g/mol. The Morgan fingerprint density at radius 3 is 2.69 bits per heavy atom. The molecule has 0 atom stereocenters. The Morgan fingerprint density at radius 2 is 1.96 bits per heavy atom. The Bertz CT molecular complexity index is 875. The zero-order valence-electron chi connectivity index (χ0n) is 14.6. The van der Waals surface area contributed by atoms with Gasteiger partial charge >= 0.3 is 5.97 Å². The Hall–Kier alpha value is -3.22. The van der Waals surface area contributed by atoms with Gasteiger partial charge in [0, 0.05) is 11.8 Å². The molecule has 0 aliphatic rings. The molecule has 2 aromatic heterocycles. The molecule has 7 nitrogen and oxygen atoms in total. The highest BCUT2D eigenvalue weighted by Crippen LogP contribution is 2.19. The summed E-state index contributed by atoms with van der Waals surface area (Å²) in [7, 11) is 0. The van der Waals surface area contributed by atoms with E-state index in [0.717, 1.165) is 12.0 Å². The normalized spacial score (nSPS) is 10.5. The predicted octanol–water partition coefficient (Wildman–Crippen LogP) is 3.45. The first kappa shape index (κ1) is 17.6. The van der Waals surface area contributed by atoms with Crippen molar-refractivity contribution < 1.29 is 18.8 Å². The molecule has 1 aromatic carbocycles. The van der Waals surface area contributed by atoms with Gasteiger partial charge < -0.3 is 14.0 Å². The third-order valence-electron chi connectivity index (χ3n) is 3.69. The van der Waals surface area contributed by atoms with Crippen molar-refractivity contribution in [3.63, 3.8) is 0 Å². The number of pyridine rings is 1. The topological polar surface area (TPSA) is 87.3 Å². The van der Waals surface area contributed by atoms with Crippen LogP contribution in [-0.4, -0.2) is 27.7 Å². The second-order valence-corrected chi connectivity index (χ2v) is 5.43. The highest BCUT2D eigenvalue weighted by atomic mass is 16.6. The first-order valence-electron chi connectivity index (χ1n) is 8.38. The Balaban J connectivity index is 1.65. The van der Waals surface area contributed by atoms with Crippen LogP contribution in [0, 0.1) is 0 Å². The van der Waals surface area contributed by atoms with Gasteiger partial charge in [0.05, 0.1) is 6.61 Å². The van der Waals surface area contributed by atoms with E-state index in [-0.39, 0.29) is 23.9 Å². The van der Waals surface area contributed by atoms with Gasteiger partial charge in [0.25, 0.3) is 5.89 Å². The quantitative estimate of drug-likeness (QED) is 0.601. The molecule has 0 saturated heterocycles. The van der Waals surface area contributed by atoms with Gasteiger partial charge in [-0.3, -0.25) is 0 Å². The van der Waals surface area contributed by atoms with E-state index in [1.807, 2.05) is 31.2 Å². The van der Waals surface area contributed by atoms with E-state index in [1.165, 1.54) is 5.56 Å². The lowest BCUT2D eigenvalue weighted by Gasteiger charge is -2.07. The van der Waals surface area contributed by atoms with Crippen LogP contribution in [0.5, 0.6) is 5.88 Å². The van der Waals surface area contributed by atoms with Gasteiger partial charge in [-0.05, 0) is 31.0 Å². The first-order valence-corrected chi connectivity index (χ1v) is 8.38. The second kappa shape index (κ2) is 8.24. The van der Waals surface area contributed by atoms with Crippen LogP contribution in [0.3, 0.4) is 0 Å². The minimum absolute atomic E-state index is 0.126. The summed E-state index contributed by atoms with van der Waals surface area (Å²) in [6.45, 7) is 4.19. The molecule has 3 rings (SSSR count). The molecule has 0 unspecified atom stereocenters. The fourth-order valence-corrected chi connectivity index (χ4v) is 2.32. The number of aromatic nitrogens is 3. The minimum atomic E-state index is -0.561. The molecular formula is C19H19N3O4. The molecular weight excluding hydrogens is 334 g/mol. The van der Waals surface area contributed by atoms with E-state index in [0.29, 0.717) is 12.4 Å². The van der Waals surface area contributed by atoms with E-state index >= 15 is 0 Å². The number of rotatable bonds is 7. The number of carbonyl (C=O) groups excluding carboxylic acids is 1. The number of aryl methyl sites for hydroxylation is 1. The lowest BCUT2D eigenvalue weighted by molar-refractivity contribution is 0.0424. The molecule has 0 N–H and O–H groups in total. The Morgan fingerprint density at radius 1 is 1.15 bits per heavy atom. The predicted molar refractivity (Wildman–Crippen MR) is 93.6 cm³/mol. The molecule has 0 bridgehead atoms. The van der Waals surface area contributed by atoms with E-state index in [4.69, 9.17) is 14.0 Å². The van der Waals surface area contributed by atoms with Crippen molar-refractivity contribution in [2.75, 3.05) is 6.61 Å². The summed E-state index contributed by atoms with van der Waals surface area (Å²) in [5, 5.41) is 3.93. The lowest BCUT2D eigenvalue weighted by atomic mass is 10.1. The van der Waals surface area contributed by atoms with E-state index in [9.17, 15) is 4.79 Å². The summed E-state index contributed by atoms with van der Waals surface area (Å²) < 4.78 is 15.7. The van der Waals surface area contributed by atoms with Crippen LogP contribution in [0.25, 0.3) is 11.4 Å². The van der Waals surface area contributed by atoms with Gasteiger partial charge in [-0.15, -0.1) is 0 Å². The largest absolute Gasteiger partial charge is 0.477 e. The van der Waals surface area contributed by atoms with Crippen LogP contribution in [0.15, 0.2) is 47.1 Å². The molecule has 7 heteroatoms. The molecule has 0 amide bonds. The van der Waals surface area contributed by atoms with Crippen LogP contribution in [-0.2, 0) is 17.8 Å². The summed E-state index contributed by atoms with van der Waals surface area (Å²) >= 11 is 0. The van der Waals surface area contributed by atoms with Crippen molar-refractivity contribution in [3.05, 3.63) is 59.6 Å². The molecule has 0 fully saturated rings. The summed E-state index contributed by atoms with van der Waals surface area (Å²) in [6, 6.07) is 11.1. The second-order valence-electron chi connectivity index (χ2n) is 5.43. The van der Waals surface area contributed by atoms with Crippen molar-refractivity contribution in [1.29, 1.82) is 0 Å². The molecule has 26 heavy (non-hydrogen) atoms. The third kappa shape index (κ3) is 4.05. The fraction of sp³-hybridized carbons (Fsp3) is 0.263. The maximum Gasteiger partial charge on any atom is 0.344 e. The van der Waals surface area contributed by atoms with Gasteiger partial charge in [-0.25, -0.2) is 9.78 Å². The van der Waals surface area contributed by atoms with Crippen LogP contribution in [0.2, 0.25) is 0 Å². The maximum atomic E-state index is 12.2. The molecule has 0 aliphatic heterocycles. The van der Waals surface area contributed by atoms with Crippen molar-refractivity contribution in [3.8, 4) is 17.3 Å². The molecule has 3 aromatic rings. The Kier molecular flexibility index (Phi) is 5.58. The number of hydrogen-bond acceptors (Lipinski definition) is 7. The molecule has 0 spiro atoms. The van der Waals surface area contributed by atoms with Crippen molar-refractivity contribution >= 4 is 5.97 Å². The standard InChI is InChI=1S/C19H19N3O4/c1-3-13-7-9-14(10-8-13)17-21-16(26-22-17)12-25-19(23)15-6-5-11-20-18(15)24-4-2/h5-11H,3-4,12H2,1-2H3. The first-order chi connectivity index (χ1) is 12.7. The smallest absolute Gasteiger partial charge is 0.344 e. The maximum absolute atomic E-state index is 12.2. The highest BCUT2D eigenvalue weighted by Gasteiger charge is 2.17. The number of hydrogen-bond donors (Lipinski definition) is 0. The fourth-order valence-electron chi connectivity index (χ4n) is 2.32. The highest BCUT2D eigenvalue weighted by molar-refractivity contribution is 5.91. The van der Waals surface area contributed by atoms with Crippen molar-refractivity contribution in [1.82, 2.24) is 15.1 Å². The van der Waals surface area contributed by atoms with Crippen LogP contribution in [0.4, 0.5) is 0 Å². The molecule has 2 heterocycles. The number of benzene rings is 1. The Labute approximate surface area is 151 Å². The number of esters is 1. The number of nitrogens with zero attached hydrogens (tertiary/aromatic N) is 3. The zero-order chi connectivity index (χ0) is 18.4. The van der Waals surface area contributed by atoms with Crippen LogP contribution < -0.4 is 4.74 Å². The van der Waals surface area contributed by atoms with Crippen molar-refractivity contribution in [2.24, 2.45) is 0 Å². The monoisotopic (exact) mass is 353 g/mol. The molecule has 0 aliphatic carbocycles. The van der Waals surface area contributed by atoms with Crippen LogP contribution >= 0.6 is 0 Å². The van der Waals surface area contributed by atoms with Gasteiger partial charge in [-0.1, -0.05) is 36.3 Å². The summed E-state index contributed by atoms with van der Waals surface area (Å²) in [5.74, 6) is 0.348. The lowest BCUT2D eigenvalue weighted by Crippen LogP contribution is -2.09. The van der Waals surface area contributed by atoms with Gasteiger partial charge in [0.2, 0.25) is 11.7 Å². The number of ether oxygens (including phenoxy) is 2. The zero-order valence-corrected chi connectivity index (χ0v) is 14.6. The minimum Gasteiger partial charge on any atom is -0.477 e. The van der Waals surface area contributed by atoms with Crippen LogP contribution in [0.1, 0.15) is 35.7 Å². The average Bonchev–Trinajstić information content (AvgIpc) is 3.16. The van der Waals surface area contributed by atoms with Crippen molar-refractivity contribution in [2.45, 2.75) is 26.9 Å². The molecule has 134 valence electrons. The van der Waals surface area contributed by atoms with E-state index in [1.54, 1.807) is 18.3 Å². The summed E-state index contributed by atoms with van der Waals surface area (Å²) in [4.78, 5) is 20.5. The van der Waals surface area contributed by atoms with Gasteiger partial charge in [-0.2, -0.15) is 4.98 Å².